The van der Waals surface area contributed by atoms with Gasteiger partial charge in [0.1, 0.15) is 15.6 Å². The average molecular weight is 246 g/mol. The van der Waals surface area contributed by atoms with E-state index >= 15 is 0 Å². The summed E-state index contributed by atoms with van der Waals surface area (Å²) in [6, 6.07) is 2.24. The summed E-state index contributed by atoms with van der Waals surface area (Å²) in [5.74, 6) is -0.545. The van der Waals surface area contributed by atoms with Crippen LogP contribution in [0.3, 0.4) is 0 Å². The Labute approximate surface area is 88.9 Å². The molecular weight excluding hydrogens is 240 g/mol. The van der Waals surface area contributed by atoms with Crippen LogP contribution in [0.25, 0.3) is 10.9 Å². The van der Waals surface area contributed by atoms with E-state index in [1.165, 1.54) is 0 Å². The summed E-state index contributed by atoms with van der Waals surface area (Å²) in [5.41, 5.74) is 5.86. The first kappa shape index (κ1) is 10.1. The molecule has 0 fully saturated rings. The third-order valence-corrected chi connectivity index (χ3v) is 3.45. The number of nitrogens with two attached hydrogens (primary N) is 1. The van der Waals surface area contributed by atoms with Crippen LogP contribution in [0, 0.1) is 0 Å². The van der Waals surface area contributed by atoms with Crippen molar-refractivity contribution < 1.29 is 18.1 Å². The zero-order chi connectivity index (χ0) is 11.2. The summed E-state index contributed by atoms with van der Waals surface area (Å²) in [5, 5.41) is 10.2. The molecule has 0 aliphatic carbocycles. The lowest BCUT2D eigenvalue weighted by Crippen LogP contribution is -1.98. The average Bonchev–Trinajstić information content (AvgIpc) is 2.45. The minimum absolute atomic E-state index is 0.322. The Morgan fingerprint density at radius 2 is 2.07 bits per heavy atom. The number of nitrogen functional groups attached to an aromatic ring is 1. The highest BCUT2D eigenvalue weighted by molar-refractivity contribution is 7.86. The molecule has 0 radical (unpaired) electrons. The van der Waals surface area contributed by atoms with Gasteiger partial charge in [0.05, 0.1) is 5.52 Å². The van der Waals surface area contributed by atoms with Gasteiger partial charge < -0.3 is 10.8 Å². The van der Waals surface area contributed by atoms with E-state index in [9.17, 15) is 13.5 Å². The molecule has 0 atom stereocenters. The Kier molecular flexibility index (Phi) is 2.07. The monoisotopic (exact) mass is 246 g/mol. The lowest BCUT2D eigenvalue weighted by Gasteiger charge is -2.00. The highest BCUT2D eigenvalue weighted by atomic mass is 32.2. The topological polar surface area (TPSA) is 114 Å². The molecule has 0 bridgehead atoms. The van der Waals surface area contributed by atoms with Crippen LogP contribution in [0.15, 0.2) is 17.0 Å². The molecule has 2 aromatic rings. The first-order valence-corrected chi connectivity index (χ1v) is 5.96. The molecule has 0 spiro atoms. The Morgan fingerprint density at radius 3 is 2.67 bits per heavy atom. The smallest absolute Gasteiger partial charge is 0.298 e. The summed E-state index contributed by atoms with van der Waals surface area (Å²) < 4.78 is 34.3. The van der Waals surface area contributed by atoms with Crippen LogP contribution in [0.1, 0.15) is 0 Å². The van der Waals surface area contributed by atoms with Gasteiger partial charge in [-0.25, -0.2) is 0 Å². The summed E-state index contributed by atoms with van der Waals surface area (Å²) in [6.07, 6.45) is 0. The van der Waals surface area contributed by atoms with Gasteiger partial charge in [0.15, 0.2) is 0 Å². The van der Waals surface area contributed by atoms with Crippen molar-refractivity contribution in [2.45, 2.75) is 4.90 Å². The standard InChI is InChI=1S/C7H6N2O4S2/c8-7-3-1-5(10)6(15(11,12)13)2-4(3)9-14-7/h1-2,10H,8H2,(H,11,12,13). The van der Waals surface area contributed by atoms with E-state index in [0.29, 0.717) is 15.9 Å². The maximum absolute atomic E-state index is 10.8. The molecule has 0 aliphatic rings. The molecule has 4 N–H and O–H groups in total. The molecule has 1 heterocycles. The lowest BCUT2D eigenvalue weighted by molar-refractivity contribution is 0.444. The van der Waals surface area contributed by atoms with Crippen molar-refractivity contribution >= 4 is 37.6 Å². The zero-order valence-corrected chi connectivity index (χ0v) is 8.84. The number of fused-ring (bicyclic) bond motifs is 1. The van der Waals surface area contributed by atoms with Crippen LogP contribution in [0.2, 0.25) is 0 Å². The van der Waals surface area contributed by atoms with Crippen molar-refractivity contribution in [3.05, 3.63) is 12.1 Å². The largest absolute Gasteiger partial charge is 0.506 e. The number of benzene rings is 1. The molecule has 0 unspecified atom stereocenters. The van der Waals surface area contributed by atoms with Crippen LogP contribution in [-0.2, 0) is 10.1 Å². The van der Waals surface area contributed by atoms with E-state index in [-0.39, 0.29) is 0 Å². The van der Waals surface area contributed by atoms with Gasteiger partial charge in [0.2, 0.25) is 0 Å². The van der Waals surface area contributed by atoms with Gasteiger partial charge in [-0.2, -0.15) is 12.8 Å². The maximum Gasteiger partial charge on any atom is 0.298 e. The van der Waals surface area contributed by atoms with Crippen LogP contribution in [-0.4, -0.2) is 22.5 Å². The highest BCUT2D eigenvalue weighted by Gasteiger charge is 2.18. The Bertz CT molecular complexity index is 632. The first-order chi connectivity index (χ1) is 6.89. The van der Waals surface area contributed by atoms with Gasteiger partial charge in [-0.3, -0.25) is 4.55 Å². The molecule has 1 aromatic heterocycles. The minimum atomic E-state index is -4.44. The number of phenols is 1. The Morgan fingerprint density at radius 1 is 1.40 bits per heavy atom. The fraction of sp³-hybridized carbons (Fsp3) is 0. The van der Waals surface area contributed by atoms with Crippen molar-refractivity contribution in [2.24, 2.45) is 0 Å². The van der Waals surface area contributed by atoms with Gasteiger partial charge in [0, 0.05) is 5.39 Å². The van der Waals surface area contributed by atoms with Gasteiger partial charge in [-0.1, -0.05) is 0 Å². The highest BCUT2D eigenvalue weighted by Crippen LogP contribution is 2.32. The van der Waals surface area contributed by atoms with E-state index in [2.05, 4.69) is 4.37 Å². The van der Waals surface area contributed by atoms with Crippen molar-refractivity contribution in [3.8, 4) is 5.75 Å². The Balaban J connectivity index is 2.86. The zero-order valence-electron chi connectivity index (χ0n) is 7.21. The second kappa shape index (κ2) is 3.05. The molecule has 2 rings (SSSR count). The predicted molar refractivity (Wildman–Crippen MR) is 55.5 cm³/mol. The van der Waals surface area contributed by atoms with Gasteiger partial charge in [-0.15, -0.1) is 0 Å². The number of rotatable bonds is 1. The van der Waals surface area contributed by atoms with Crippen molar-refractivity contribution in [2.75, 3.05) is 5.73 Å². The number of nitrogens with zero attached hydrogens (tertiary/aromatic N) is 1. The third kappa shape index (κ3) is 1.62. The van der Waals surface area contributed by atoms with Crippen molar-refractivity contribution in [1.82, 2.24) is 4.37 Å². The number of phenolic OH excluding ortho intramolecular Hbond substituents is 1. The number of hydrogen-bond donors (Lipinski definition) is 3. The van der Waals surface area contributed by atoms with Crippen LogP contribution in [0.5, 0.6) is 5.75 Å². The number of anilines is 1. The van der Waals surface area contributed by atoms with Gasteiger partial charge >= 0.3 is 0 Å². The van der Waals surface area contributed by atoms with E-state index in [4.69, 9.17) is 10.3 Å². The fourth-order valence-corrected chi connectivity index (χ4v) is 2.38. The second-order valence-corrected chi connectivity index (χ2v) is 5.05. The fourth-order valence-electron chi connectivity index (χ4n) is 1.18. The van der Waals surface area contributed by atoms with Gasteiger partial charge in [0.25, 0.3) is 10.1 Å². The molecule has 0 aliphatic heterocycles. The van der Waals surface area contributed by atoms with Crippen LogP contribution >= 0.6 is 11.5 Å². The first-order valence-electron chi connectivity index (χ1n) is 3.75. The molecule has 0 amide bonds. The van der Waals surface area contributed by atoms with Crippen LogP contribution in [0.4, 0.5) is 5.00 Å². The van der Waals surface area contributed by atoms with E-state index < -0.39 is 20.8 Å². The second-order valence-electron chi connectivity index (χ2n) is 2.86. The molecule has 15 heavy (non-hydrogen) atoms. The molecule has 0 saturated carbocycles. The quantitative estimate of drug-likeness (QED) is 0.642. The van der Waals surface area contributed by atoms with Crippen molar-refractivity contribution in [3.63, 3.8) is 0 Å². The maximum atomic E-state index is 10.8. The summed E-state index contributed by atoms with van der Waals surface area (Å²) in [4.78, 5) is -0.569. The summed E-state index contributed by atoms with van der Waals surface area (Å²) in [7, 11) is -4.44. The lowest BCUT2D eigenvalue weighted by atomic mass is 10.2. The molecule has 8 heteroatoms. The number of hydrogen-bond acceptors (Lipinski definition) is 6. The van der Waals surface area contributed by atoms with E-state index in [1.807, 2.05) is 0 Å². The van der Waals surface area contributed by atoms with Crippen LogP contribution < -0.4 is 5.73 Å². The SMILES string of the molecule is Nc1snc2cc(S(=O)(=O)O)c(O)cc12. The predicted octanol–water partition coefficient (Wildman–Crippen LogP) is 0.831. The summed E-state index contributed by atoms with van der Waals surface area (Å²) in [6.45, 7) is 0. The number of aromatic nitrogens is 1. The Hall–Kier alpha value is -1.38. The third-order valence-electron chi connectivity index (χ3n) is 1.86. The normalized spacial score (nSPS) is 12.1. The molecule has 1 aromatic carbocycles. The van der Waals surface area contributed by atoms with Crippen molar-refractivity contribution in [1.29, 1.82) is 0 Å². The molecule has 80 valence electrons. The summed E-state index contributed by atoms with van der Waals surface area (Å²) >= 11 is 0.986. The van der Waals surface area contributed by atoms with Gasteiger partial charge in [-0.05, 0) is 23.7 Å². The molecule has 6 nitrogen and oxygen atoms in total. The van der Waals surface area contributed by atoms with E-state index in [1.54, 1.807) is 0 Å². The number of aromatic hydroxyl groups is 1. The molecular formula is C7H6N2O4S2. The molecule has 0 saturated heterocycles. The minimum Gasteiger partial charge on any atom is -0.506 e. The van der Waals surface area contributed by atoms with E-state index in [0.717, 1.165) is 23.7 Å².